The Morgan fingerprint density at radius 2 is 1.71 bits per heavy atom. The molecule has 1 saturated heterocycles. The molecular formula is C46H52F3N7O6S. The molecule has 1 aromatic heterocycles. The first-order valence-electron chi connectivity index (χ1n) is 21.1. The van der Waals surface area contributed by atoms with Crippen molar-refractivity contribution in [2.75, 3.05) is 56.4 Å². The first kappa shape index (κ1) is 45.1. The molecule has 63 heavy (non-hydrogen) atoms. The number of fused-ring (bicyclic) bond motifs is 1. The molecule has 334 valence electrons. The molecule has 1 amide bonds. The van der Waals surface area contributed by atoms with Crippen LogP contribution in [0.2, 0.25) is 0 Å². The number of aromatic amines is 1. The van der Waals surface area contributed by atoms with Crippen LogP contribution in [0.15, 0.2) is 102 Å². The number of halogens is 3. The number of ether oxygens (including phenoxy) is 1. The van der Waals surface area contributed by atoms with E-state index in [2.05, 4.69) is 44.4 Å². The van der Waals surface area contributed by atoms with E-state index in [0.29, 0.717) is 37.6 Å². The zero-order valence-corrected chi connectivity index (χ0v) is 36.1. The Hall–Kier alpha value is -5.91. The Labute approximate surface area is 364 Å². The fourth-order valence-corrected chi connectivity index (χ4v) is 9.13. The van der Waals surface area contributed by atoms with Gasteiger partial charge in [0.1, 0.15) is 17.2 Å². The third-order valence-corrected chi connectivity index (χ3v) is 12.9. The van der Waals surface area contributed by atoms with Crippen LogP contribution in [-0.4, -0.2) is 74.9 Å². The third-order valence-electron chi connectivity index (χ3n) is 11.6. The number of likely N-dealkylation sites (tertiary alicyclic amines) is 1. The molecule has 5 aromatic rings. The molecule has 7 rings (SSSR count). The third kappa shape index (κ3) is 11.4. The van der Waals surface area contributed by atoms with Crippen LogP contribution in [0.5, 0.6) is 11.5 Å². The predicted octanol–water partition coefficient (Wildman–Crippen LogP) is 9.57. The molecule has 17 heteroatoms. The van der Waals surface area contributed by atoms with Crippen LogP contribution >= 0.6 is 0 Å². The van der Waals surface area contributed by atoms with Gasteiger partial charge in [0.05, 0.1) is 20.9 Å². The number of benzene rings is 4. The summed E-state index contributed by atoms with van der Waals surface area (Å²) in [5, 5.41) is 22.6. The minimum atomic E-state index is -4.58. The highest BCUT2D eigenvalue weighted by Gasteiger charge is 2.32. The van der Waals surface area contributed by atoms with E-state index in [-0.39, 0.29) is 22.4 Å². The summed E-state index contributed by atoms with van der Waals surface area (Å²) in [7, 11) is -4.58. The average Bonchev–Trinajstić information content (AvgIpc) is 3.96. The lowest BCUT2D eigenvalue weighted by atomic mass is 9.72. The first-order valence-corrected chi connectivity index (χ1v) is 22.6. The Morgan fingerprint density at radius 3 is 2.46 bits per heavy atom. The Morgan fingerprint density at radius 1 is 0.937 bits per heavy atom. The number of carbonyl (C=O) groups is 1. The Balaban J connectivity index is 1.04. The molecule has 0 saturated carbocycles. The van der Waals surface area contributed by atoms with E-state index in [1.54, 1.807) is 42.6 Å². The normalized spacial score (nSPS) is 15.7. The minimum absolute atomic E-state index is 0.0128. The number of anilines is 2. The molecule has 4 aromatic carbocycles. The van der Waals surface area contributed by atoms with Gasteiger partial charge in [-0.05, 0) is 129 Å². The number of nitrogens with zero attached hydrogens (tertiary/aromatic N) is 2. The second-order valence-electron chi connectivity index (χ2n) is 16.8. The molecule has 13 nitrogen and oxygen atoms in total. The van der Waals surface area contributed by atoms with Crippen molar-refractivity contribution in [2.45, 2.75) is 63.4 Å². The molecule has 0 unspecified atom stereocenters. The van der Waals surface area contributed by atoms with Gasteiger partial charge in [0.25, 0.3) is 21.6 Å². The van der Waals surface area contributed by atoms with Crippen molar-refractivity contribution in [3.05, 3.63) is 124 Å². The number of hydrogen-bond acceptors (Lipinski definition) is 10. The number of alkyl halides is 3. The fourth-order valence-electron chi connectivity index (χ4n) is 8.14. The lowest BCUT2D eigenvalue weighted by Gasteiger charge is -2.34. The summed E-state index contributed by atoms with van der Waals surface area (Å²) in [5.41, 5.74) is 3.35. The lowest BCUT2D eigenvalue weighted by Crippen LogP contribution is -2.31. The van der Waals surface area contributed by atoms with Gasteiger partial charge in [0.2, 0.25) is 0 Å². The van der Waals surface area contributed by atoms with Crippen molar-refractivity contribution in [1.29, 1.82) is 0 Å². The standard InChI is InChI=1S/C46H52F3N7O6S/c1-45(2)19-17-32(38(29-45)31-9-11-33(12-10-31)46(47,48)49)30-50-22-23-51-34-13-15-37(43(27-34)62-42-8-5-7-39-36(42)18-21-53-39)44(57)54-63(60,61)35-14-16-40(41(28-35)56(58)59)52-20-6-26-55-24-3-4-25-55/h5,7-16,18,21,27-28,50-53H,3-4,6,17,19-20,22-26,29-30H2,1-2H3,(H,54,57). The van der Waals surface area contributed by atoms with E-state index in [1.165, 1.54) is 18.2 Å². The number of amides is 1. The largest absolute Gasteiger partial charge is 0.456 e. The smallest absolute Gasteiger partial charge is 0.416 e. The van der Waals surface area contributed by atoms with Crippen LogP contribution in [0, 0.1) is 15.5 Å². The monoisotopic (exact) mass is 887 g/mol. The molecule has 0 spiro atoms. The molecule has 1 aliphatic carbocycles. The van der Waals surface area contributed by atoms with E-state index >= 15 is 0 Å². The Kier molecular flexibility index (Phi) is 13.8. The van der Waals surface area contributed by atoms with Crippen LogP contribution in [0.4, 0.5) is 30.2 Å². The van der Waals surface area contributed by atoms with Crippen molar-refractivity contribution < 1.29 is 36.0 Å². The number of aromatic nitrogens is 1. The zero-order valence-electron chi connectivity index (χ0n) is 35.2. The molecule has 0 radical (unpaired) electrons. The van der Waals surface area contributed by atoms with Gasteiger partial charge in [-0.3, -0.25) is 14.9 Å². The summed E-state index contributed by atoms with van der Waals surface area (Å²) in [6.45, 7) is 9.25. The maximum Gasteiger partial charge on any atom is 0.416 e. The summed E-state index contributed by atoms with van der Waals surface area (Å²) in [6, 6.07) is 20.7. The van der Waals surface area contributed by atoms with E-state index in [1.807, 2.05) is 12.1 Å². The highest BCUT2D eigenvalue weighted by atomic mass is 32.2. The number of nitro groups is 1. The van der Waals surface area contributed by atoms with Gasteiger partial charge < -0.3 is 30.6 Å². The second kappa shape index (κ2) is 19.2. The van der Waals surface area contributed by atoms with Gasteiger partial charge in [-0.2, -0.15) is 13.2 Å². The quantitative estimate of drug-likeness (QED) is 0.0324. The summed E-state index contributed by atoms with van der Waals surface area (Å²) >= 11 is 0. The number of carbonyl (C=O) groups excluding carboxylic acids is 1. The summed E-state index contributed by atoms with van der Waals surface area (Å²) in [5.74, 6) is -0.527. The van der Waals surface area contributed by atoms with Crippen molar-refractivity contribution >= 4 is 49.5 Å². The summed E-state index contributed by atoms with van der Waals surface area (Å²) in [6.07, 6.45) is 2.94. The van der Waals surface area contributed by atoms with Crippen LogP contribution < -0.4 is 25.4 Å². The second-order valence-corrected chi connectivity index (χ2v) is 18.5. The average molecular weight is 888 g/mol. The van der Waals surface area contributed by atoms with Crippen molar-refractivity contribution in [3.63, 3.8) is 0 Å². The number of nitrogens with one attached hydrogen (secondary N) is 5. The molecule has 1 fully saturated rings. The van der Waals surface area contributed by atoms with E-state index < -0.39 is 43.2 Å². The van der Waals surface area contributed by atoms with E-state index in [4.69, 9.17) is 4.74 Å². The van der Waals surface area contributed by atoms with Gasteiger partial charge in [0.15, 0.2) is 0 Å². The SMILES string of the molecule is CC1(C)CCC(CNCCNc2ccc(C(=O)NS(=O)(=O)c3ccc(NCCCN4CCCC4)c([N+](=O)[O-])c3)c(Oc3cccc4[nH]ccc34)c2)=C(c2ccc(C(F)(F)F)cc2)C1. The van der Waals surface area contributed by atoms with Crippen LogP contribution in [0.1, 0.15) is 73.9 Å². The summed E-state index contributed by atoms with van der Waals surface area (Å²) < 4.78 is 75.4. The molecule has 0 bridgehead atoms. The number of H-pyrrole nitrogens is 1. The highest BCUT2D eigenvalue weighted by molar-refractivity contribution is 7.90. The van der Waals surface area contributed by atoms with Gasteiger partial charge in [-0.1, -0.05) is 37.6 Å². The lowest BCUT2D eigenvalue weighted by molar-refractivity contribution is -0.384. The van der Waals surface area contributed by atoms with Gasteiger partial charge in [0, 0.05) is 61.1 Å². The van der Waals surface area contributed by atoms with Gasteiger partial charge >= 0.3 is 6.18 Å². The maximum absolute atomic E-state index is 13.8. The van der Waals surface area contributed by atoms with Crippen LogP contribution in [0.25, 0.3) is 16.5 Å². The number of nitro benzene ring substituents is 1. The van der Waals surface area contributed by atoms with Crippen molar-refractivity contribution in [2.24, 2.45) is 5.41 Å². The zero-order chi connectivity index (χ0) is 44.8. The molecule has 1 aliphatic heterocycles. The van der Waals surface area contributed by atoms with E-state index in [9.17, 15) is 36.5 Å². The number of rotatable bonds is 18. The molecule has 5 N–H and O–H groups in total. The van der Waals surface area contributed by atoms with Crippen LogP contribution in [-0.2, 0) is 16.2 Å². The van der Waals surface area contributed by atoms with Crippen molar-refractivity contribution in [1.82, 2.24) is 19.9 Å². The summed E-state index contributed by atoms with van der Waals surface area (Å²) in [4.78, 5) is 30.2. The molecule has 2 heterocycles. The minimum Gasteiger partial charge on any atom is -0.456 e. The molecule has 0 atom stereocenters. The van der Waals surface area contributed by atoms with Gasteiger partial charge in [-0.25, -0.2) is 13.1 Å². The number of allylic oxidation sites excluding steroid dienone is 1. The highest BCUT2D eigenvalue weighted by Crippen LogP contribution is 2.43. The van der Waals surface area contributed by atoms with E-state index in [0.717, 1.165) is 104 Å². The van der Waals surface area contributed by atoms with Crippen LogP contribution in [0.3, 0.4) is 0 Å². The van der Waals surface area contributed by atoms with Gasteiger partial charge in [-0.15, -0.1) is 0 Å². The fraction of sp³-hybridized carbons (Fsp3) is 0.370. The predicted molar refractivity (Wildman–Crippen MR) is 239 cm³/mol. The Bertz CT molecular complexity index is 2590. The first-order chi connectivity index (χ1) is 30.1. The molecular weight excluding hydrogens is 836 g/mol. The molecule has 2 aliphatic rings. The number of hydrogen-bond donors (Lipinski definition) is 5. The van der Waals surface area contributed by atoms with Crippen molar-refractivity contribution in [3.8, 4) is 11.5 Å². The maximum atomic E-state index is 13.8. The number of sulfonamides is 1. The topological polar surface area (TPSA) is 171 Å².